The van der Waals surface area contributed by atoms with E-state index >= 15 is 0 Å². The van der Waals surface area contributed by atoms with Crippen LogP contribution in [-0.2, 0) is 9.59 Å². The van der Waals surface area contributed by atoms with Crippen molar-refractivity contribution in [3.8, 4) is 11.5 Å². The molecule has 0 saturated carbocycles. The third-order valence-electron chi connectivity index (χ3n) is 5.82. The summed E-state index contributed by atoms with van der Waals surface area (Å²) < 4.78 is 24.9. The molecule has 1 amide bonds. The third kappa shape index (κ3) is 3.96. The molecule has 1 atom stereocenters. The average Bonchev–Trinajstić information content (AvgIpc) is 3.41. The lowest BCUT2D eigenvalue weighted by Crippen LogP contribution is -2.29. The number of anilines is 1. The number of ketones is 1. The first-order valence-corrected chi connectivity index (χ1v) is 11.9. The normalized spacial score (nSPS) is 17.1. The lowest BCUT2D eigenvalue weighted by molar-refractivity contribution is -0.132. The molecule has 0 aliphatic carbocycles. The molecule has 0 bridgehead atoms. The van der Waals surface area contributed by atoms with Crippen molar-refractivity contribution in [3.05, 3.63) is 88.2 Å². The number of nitrogens with zero attached hydrogens (tertiary/aromatic N) is 2. The minimum Gasteiger partial charge on any atom is -0.507 e. The van der Waals surface area contributed by atoms with Crippen molar-refractivity contribution in [2.24, 2.45) is 0 Å². The zero-order valence-corrected chi connectivity index (χ0v) is 20.6. The van der Waals surface area contributed by atoms with Crippen LogP contribution in [0, 0.1) is 5.82 Å². The van der Waals surface area contributed by atoms with Gasteiger partial charge in [0.05, 0.1) is 41.1 Å². The number of carbonyl (C=O) groups is 2. The van der Waals surface area contributed by atoms with E-state index in [4.69, 9.17) is 21.1 Å². The maximum Gasteiger partial charge on any atom is 0.301 e. The van der Waals surface area contributed by atoms with Gasteiger partial charge in [0.15, 0.2) is 5.13 Å². The fraction of sp³-hybridized carbons (Fsp3) is 0.115. The number of hydrogen-bond donors (Lipinski definition) is 1. The summed E-state index contributed by atoms with van der Waals surface area (Å²) in [5.74, 6) is -1.81. The molecule has 1 saturated heterocycles. The highest BCUT2D eigenvalue weighted by Crippen LogP contribution is 2.45. The van der Waals surface area contributed by atoms with E-state index in [2.05, 4.69) is 4.98 Å². The van der Waals surface area contributed by atoms with Gasteiger partial charge in [-0.15, -0.1) is 0 Å². The summed E-state index contributed by atoms with van der Waals surface area (Å²) in [6.07, 6.45) is 0. The average molecular weight is 525 g/mol. The summed E-state index contributed by atoms with van der Waals surface area (Å²) in [5.41, 5.74) is 1.10. The molecule has 5 rings (SSSR count). The van der Waals surface area contributed by atoms with Gasteiger partial charge in [-0.2, -0.15) is 0 Å². The van der Waals surface area contributed by atoms with Crippen molar-refractivity contribution in [2.75, 3.05) is 19.1 Å². The summed E-state index contributed by atoms with van der Waals surface area (Å²) in [6, 6.07) is 14.4. The van der Waals surface area contributed by atoms with Crippen molar-refractivity contribution in [1.29, 1.82) is 0 Å². The highest BCUT2D eigenvalue weighted by atomic mass is 35.5. The van der Waals surface area contributed by atoms with E-state index in [0.29, 0.717) is 32.3 Å². The van der Waals surface area contributed by atoms with Crippen molar-refractivity contribution in [3.63, 3.8) is 0 Å². The lowest BCUT2D eigenvalue weighted by atomic mass is 9.95. The quantitative estimate of drug-likeness (QED) is 0.204. The van der Waals surface area contributed by atoms with Crippen LogP contribution in [0.1, 0.15) is 17.2 Å². The van der Waals surface area contributed by atoms with Crippen molar-refractivity contribution >= 4 is 55.7 Å². The van der Waals surface area contributed by atoms with Gasteiger partial charge in [-0.3, -0.25) is 14.5 Å². The third-order valence-corrected chi connectivity index (χ3v) is 7.15. The summed E-state index contributed by atoms with van der Waals surface area (Å²) in [4.78, 5) is 32.4. The number of carbonyl (C=O) groups excluding carboxylic acids is 2. The predicted octanol–water partition coefficient (Wildman–Crippen LogP) is 5.73. The number of rotatable bonds is 5. The standard InChI is InChI=1S/C26H18ClFN2O5S/c1-34-16-5-3-4-13(10-16)22-21(23(31)14-6-8-17(27)19(11-14)35-2)24(32)25(33)30(22)26-29-18-9-7-15(28)12-20(18)36-26/h3-12,22,31H,1-2H3/b23-21+. The van der Waals surface area contributed by atoms with Crippen LogP contribution in [-0.4, -0.2) is 36.0 Å². The number of thiazole rings is 1. The first-order valence-electron chi connectivity index (χ1n) is 10.7. The monoisotopic (exact) mass is 524 g/mol. The molecule has 7 nitrogen and oxygen atoms in total. The van der Waals surface area contributed by atoms with Gasteiger partial charge in [0.25, 0.3) is 5.78 Å². The minimum atomic E-state index is -1.02. The van der Waals surface area contributed by atoms with E-state index in [1.807, 2.05) is 0 Å². The first-order chi connectivity index (χ1) is 17.3. The van der Waals surface area contributed by atoms with Gasteiger partial charge in [-0.25, -0.2) is 9.37 Å². The van der Waals surface area contributed by atoms with E-state index < -0.39 is 29.3 Å². The topological polar surface area (TPSA) is 89.0 Å². The highest BCUT2D eigenvalue weighted by Gasteiger charge is 2.48. The number of hydrogen-bond acceptors (Lipinski definition) is 7. The van der Waals surface area contributed by atoms with E-state index in [0.717, 1.165) is 11.3 Å². The molecule has 182 valence electrons. The second-order valence-corrected chi connectivity index (χ2v) is 9.32. The Kier molecular flexibility index (Phi) is 6.11. The van der Waals surface area contributed by atoms with Crippen LogP contribution in [0.15, 0.2) is 66.2 Å². The summed E-state index contributed by atoms with van der Waals surface area (Å²) >= 11 is 7.19. The summed E-state index contributed by atoms with van der Waals surface area (Å²) in [5, 5.41) is 11.8. The van der Waals surface area contributed by atoms with Crippen molar-refractivity contribution in [1.82, 2.24) is 4.98 Å². The van der Waals surface area contributed by atoms with Gasteiger partial charge in [0, 0.05) is 5.56 Å². The molecule has 36 heavy (non-hydrogen) atoms. The maximum absolute atomic E-state index is 13.8. The minimum absolute atomic E-state index is 0.136. The Balaban J connectivity index is 1.74. The molecule has 0 radical (unpaired) electrons. The van der Waals surface area contributed by atoms with Gasteiger partial charge < -0.3 is 14.6 Å². The van der Waals surface area contributed by atoms with Crippen molar-refractivity contribution in [2.45, 2.75) is 6.04 Å². The molecule has 0 spiro atoms. The Bertz CT molecular complexity index is 1570. The molecular formula is C26H18ClFN2O5S. The number of benzene rings is 3. The van der Waals surface area contributed by atoms with E-state index in [-0.39, 0.29) is 16.3 Å². The number of fused-ring (bicyclic) bond motifs is 1. The SMILES string of the molecule is COc1cccc(C2/C(=C(\O)c3ccc(Cl)c(OC)c3)C(=O)C(=O)N2c2nc3ccc(F)cc3s2)c1. The number of halogens is 2. The largest absolute Gasteiger partial charge is 0.507 e. The van der Waals surface area contributed by atoms with Crippen LogP contribution < -0.4 is 14.4 Å². The molecular weight excluding hydrogens is 507 g/mol. The Hall–Kier alpha value is -3.95. The van der Waals surface area contributed by atoms with Gasteiger partial charge in [0.2, 0.25) is 0 Å². The zero-order chi connectivity index (χ0) is 25.6. The van der Waals surface area contributed by atoms with Crippen LogP contribution in [0.4, 0.5) is 9.52 Å². The zero-order valence-electron chi connectivity index (χ0n) is 19.0. The number of aromatic nitrogens is 1. The van der Waals surface area contributed by atoms with Crippen LogP contribution in [0.2, 0.25) is 5.02 Å². The number of methoxy groups -OCH3 is 2. The second-order valence-electron chi connectivity index (χ2n) is 7.90. The molecule has 10 heteroatoms. The number of Topliss-reactive ketones (excluding diaryl/α,β-unsaturated/α-hetero) is 1. The number of aliphatic hydroxyl groups excluding tert-OH is 1. The molecule has 1 N–H and O–H groups in total. The highest BCUT2D eigenvalue weighted by molar-refractivity contribution is 7.22. The van der Waals surface area contributed by atoms with Gasteiger partial charge in [-0.05, 0) is 54.1 Å². The van der Waals surface area contributed by atoms with E-state index in [9.17, 15) is 19.1 Å². The van der Waals surface area contributed by atoms with Crippen LogP contribution in [0.25, 0.3) is 16.0 Å². The summed E-state index contributed by atoms with van der Waals surface area (Å²) in [7, 11) is 2.92. The summed E-state index contributed by atoms with van der Waals surface area (Å²) in [6.45, 7) is 0. The molecule has 1 aromatic heterocycles. The first kappa shape index (κ1) is 23.8. The molecule has 1 aliphatic rings. The van der Waals surface area contributed by atoms with Crippen LogP contribution >= 0.6 is 22.9 Å². The van der Waals surface area contributed by atoms with Crippen molar-refractivity contribution < 1.29 is 28.6 Å². The van der Waals surface area contributed by atoms with Crippen LogP contribution in [0.3, 0.4) is 0 Å². The molecule has 1 fully saturated rings. The molecule has 3 aromatic carbocycles. The Morgan fingerprint density at radius 1 is 1.08 bits per heavy atom. The lowest BCUT2D eigenvalue weighted by Gasteiger charge is -2.23. The molecule has 1 aliphatic heterocycles. The predicted molar refractivity (Wildman–Crippen MR) is 135 cm³/mol. The van der Waals surface area contributed by atoms with Gasteiger partial charge in [0.1, 0.15) is 23.1 Å². The second kappa shape index (κ2) is 9.25. The van der Waals surface area contributed by atoms with Gasteiger partial charge >= 0.3 is 5.91 Å². The maximum atomic E-state index is 13.8. The Morgan fingerprint density at radius 3 is 2.64 bits per heavy atom. The number of aliphatic hydroxyl groups is 1. The molecule has 1 unspecified atom stereocenters. The van der Waals surface area contributed by atoms with E-state index in [1.54, 1.807) is 24.3 Å². The fourth-order valence-corrected chi connectivity index (χ4v) is 5.32. The number of amides is 1. The fourth-order valence-electron chi connectivity index (χ4n) is 4.11. The molecule has 4 aromatic rings. The number of ether oxygens (including phenoxy) is 2. The Morgan fingerprint density at radius 2 is 1.89 bits per heavy atom. The Labute approximate surface area is 214 Å². The van der Waals surface area contributed by atoms with Gasteiger partial charge in [-0.1, -0.05) is 35.1 Å². The molecule has 2 heterocycles. The smallest absolute Gasteiger partial charge is 0.301 e. The van der Waals surface area contributed by atoms with Crippen LogP contribution in [0.5, 0.6) is 11.5 Å². The van der Waals surface area contributed by atoms with E-state index in [1.165, 1.54) is 55.5 Å².